The van der Waals surface area contributed by atoms with Crippen LogP contribution in [0.4, 0.5) is 0 Å². The molecule has 0 aliphatic carbocycles. The van der Waals surface area contributed by atoms with E-state index in [2.05, 4.69) is 13.6 Å². The van der Waals surface area contributed by atoms with Gasteiger partial charge in [-0.1, -0.05) is 30.3 Å². The van der Waals surface area contributed by atoms with Gasteiger partial charge in [0.1, 0.15) is 0 Å². The molecule has 0 amide bonds. The number of benzene rings is 1. The molecule has 0 radical (unpaired) electrons. The molecule has 72 valence electrons. The normalized spacial score (nSPS) is 38.3. The van der Waals surface area contributed by atoms with Gasteiger partial charge in [0.15, 0.2) is 0 Å². The molecular formula is C8H5O5P. The summed E-state index contributed by atoms with van der Waals surface area (Å²) in [7, 11) is -3.28. The molecule has 0 unspecified atom stereocenters. The highest BCUT2D eigenvalue weighted by molar-refractivity contribution is 7.52. The van der Waals surface area contributed by atoms with Gasteiger partial charge in [0.25, 0.3) is 5.78 Å². The van der Waals surface area contributed by atoms with E-state index >= 15 is 0 Å². The zero-order chi connectivity index (χ0) is 9.81. The molecule has 2 bridgehead atoms. The van der Waals surface area contributed by atoms with E-state index in [0.717, 1.165) is 0 Å². The minimum Gasteiger partial charge on any atom is -0.285 e. The highest BCUT2D eigenvalue weighted by atomic mass is 31.2. The quantitative estimate of drug-likeness (QED) is 0.551. The lowest BCUT2D eigenvalue weighted by atomic mass is 10.1. The largest absolute Gasteiger partial charge is 0.489 e. The van der Waals surface area contributed by atoms with Gasteiger partial charge in [-0.05, 0) is 0 Å². The Kier molecular flexibility index (Phi) is 1.38. The average Bonchev–Trinajstić information content (AvgIpc) is 2.12. The van der Waals surface area contributed by atoms with Crippen LogP contribution in [-0.2, 0) is 18.1 Å². The third-order valence-electron chi connectivity index (χ3n) is 2.01. The maximum absolute atomic E-state index is 11.6. The third-order valence-corrected chi connectivity index (χ3v) is 3.40. The van der Waals surface area contributed by atoms with E-state index < -0.39 is 19.6 Å². The van der Waals surface area contributed by atoms with Crippen molar-refractivity contribution in [3.05, 3.63) is 35.9 Å². The summed E-state index contributed by atoms with van der Waals surface area (Å²) >= 11 is 0. The van der Waals surface area contributed by atoms with Crippen molar-refractivity contribution in [3.63, 3.8) is 0 Å². The lowest BCUT2D eigenvalue weighted by molar-refractivity contribution is -0.389. The minimum absolute atomic E-state index is 0.401. The van der Waals surface area contributed by atoms with Crippen LogP contribution >= 0.6 is 7.82 Å². The van der Waals surface area contributed by atoms with Crippen LogP contribution in [0.3, 0.4) is 0 Å². The highest BCUT2D eigenvalue weighted by Gasteiger charge is 2.79. The van der Waals surface area contributed by atoms with Crippen molar-refractivity contribution in [2.75, 3.05) is 0 Å². The molecule has 14 heavy (non-hydrogen) atoms. The minimum atomic E-state index is -3.28. The number of carbonyl (C=O) groups excluding carboxylic acids is 1. The lowest BCUT2D eigenvalue weighted by Crippen LogP contribution is -2.62. The molecule has 0 saturated carbocycles. The molecule has 0 atom stereocenters. The molecule has 5 nitrogen and oxygen atoms in total. The second-order valence-corrected chi connectivity index (χ2v) is 4.41. The van der Waals surface area contributed by atoms with E-state index in [-0.39, 0.29) is 0 Å². The van der Waals surface area contributed by atoms with Crippen LogP contribution in [0, 0.1) is 0 Å². The highest BCUT2D eigenvalue weighted by Crippen LogP contribution is 2.80. The van der Waals surface area contributed by atoms with E-state index in [1.807, 2.05) is 0 Å². The van der Waals surface area contributed by atoms with Gasteiger partial charge in [-0.25, -0.2) is 18.1 Å². The SMILES string of the molecule is O=C(c1ccccc1)C12OP(=O)(O1)O2. The van der Waals surface area contributed by atoms with Crippen LogP contribution in [0.5, 0.6) is 0 Å². The van der Waals surface area contributed by atoms with Gasteiger partial charge in [-0.15, -0.1) is 0 Å². The first-order valence-corrected chi connectivity index (χ1v) is 5.42. The summed E-state index contributed by atoms with van der Waals surface area (Å²) in [5.74, 6) is -2.17. The van der Waals surface area contributed by atoms with Crippen LogP contribution in [0.1, 0.15) is 10.4 Å². The van der Waals surface area contributed by atoms with Crippen LogP contribution < -0.4 is 0 Å². The second-order valence-electron chi connectivity index (χ2n) is 2.97. The number of phosphoric ester groups is 1. The fraction of sp³-hybridized carbons (Fsp3) is 0.125. The van der Waals surface area contributed by atoms with Gasteiger partial charge in [0, 0.05) is 5.56 Å². The van der Waals surface area contributed by atoms with Crippen molar-refractivity contribution in [2.24, 2.45) is 0 Å². The molecule has 6 heteroatoms. The standard InChI is InChI=1S/C8H5O5P/c9-7(6-4-2-1-3-5-6)8-11-14(10,12-8)13-8/h1-5H. The number of Topliss-reactive ketones (excluding diaryl/α,β-unsaturated/α-hetero) is 1. The molecule has 3 fully saturated rings. The monoisotopic (exact) mass is 212 g/mol. The Bertz CT molecular complexity index is 428. The summed E-state index contributed by atoms with van der Waals surface area (Å²) < 4.78 is 24.9. The first-order chi connectivity index (χ1) is 6.64. The van der Waals surface area contributed by atoms with E-state index in [0.29, 0.717) is 5.56 Å². The summed E-state index contributed by atoms with van der Waals surface area (Å²) in [6.07, 6.45) is 0. The van der Waals surface area contributed by atoms with Gasteiger partial charge in [-0.2, -0.15) is 0 Å². The molecule has 3 saturated heterocycles. The first kappa shape index (κ1) is 8.32. The van der Waals surface area contributed by atoms with E-state index in [1.165, 1.54) is 0 Å². The number of phosphoric acid groups is 1. The average molecular weight is 212 g/mol. The molecule has 3 heterocycles. The van der Waals surface area contributed by atoms with Gasteiger partial charge in [0.05, 0.1) is 0 Å². The molecule has 0 N–H and O–H groups in total. The fourth-order valence-electron chi connectivity index (χ4n) is 1.35. The molecule has 4 rings (SSSR count). The van der Waals surface area contributed by atoms with Crippen molar-refractivity contribution in [1.82, 2.24) is 0 Å². The zero-order valence-corrected chi connectivity index (χ0v) is 7.77. The van der Waals surface area contributed by atoms with Crippen molar-refractivity contribution in [2.45, 2.75) is 5.97 Å². The van der Waals surface area contributed by atoms with E-state index in [9.17, 15) is 9.36 Å². The van der Waals surface area contributed by atoms with Gasteiger partial charge in [-0.3, -0.25) is 4.79 Å². The van der Waals surface area contributed by atoms with Crippen molar-refractivity contribution in [3.8, 4) is 0 Å². The fourth-order valence-corrected chi connectivity index (χ4v) is 2.53. The Morgan fingerprint density at radius 3 is 2.21 bits per heavy atom. The number of carbonyl (C=O) groups is 1. The first-order valence-electron chi connectivity index (χ1n) is 3.96. The number of rotatable bonds is 2. The topological polar surface area (TPSA) is 61.8 Å². The van der Waals surface area contributed by atoms with Gasteiger partial charge >= 0.3 is 13.8 Å². The van der Waals surface area contributed by atoms with Crippen molar-refractivity contribution >= 4 is 13.6 Å². The number of ketones is 1. The zero-order valence-electron chi connectivity index (χ0n) is 6.88. The Hall–Kier alpha value is -1.00. The number of hydrogen-bond acceptors (Lipinski definition) is 5. The summed E-state index contributed by atoms with van der Waals surface area (Å²) in [6.45, 7) is 0. The molecule has 1 aromatic rings. The predicted octanol–water partition coefficient (Wildman–Crippen LogP) is 1.71. The Morgan fingerprint density at radius 2 is 1.71 bits per heavy atom. The summed E-state index contributed by atoms with van der Waals surface area (Å²) in [6, 6.07) is 8.41. The van der Waals surface area contributed by atoms with Crippen molar-refractivity contribution < 1.29 is 22.9 Å². The maximum atomic E-state index is 11.6. The summed E-state index contributed by atoms with van der Waals surface area (Å²) in [5, 5.41) is 0. The van der Waals surface area contributed by atoms with Crippen LogP contribution in [0.2, 0.25) is 0 Å². The molecule has 0 aromatic heterocycles. The Balaban J connectivity index is 1.89. The van der Waals surface area contributed by atoms with Crippen LogP contribution in [0.25, 0.3) is 0 Å². The molecule has 3 aliphatic heterocycles. The smallest absolute Gasteiger partial charge is 0.285 e. The van der Waals surface area contributed by atoms with Crippen LogP contribution in [0.15, 0.2) is 30.3 Å². The van der Waals surface area contributed by atoms with E-state index in [4.69, 9.17) is 0 Å². The Labute approximate surface area is 79.2 Å². The van der Waals surface area contributed by atoms with Gasteiger partial charge in [0.2, 0.25) is 0 Å². The molecular weight excluding hydrogens is 207 g/mol. The molecule has 0 spiro atoms. The number of hydrogen-bond donors (Lipinski definition) is 0. The predicted molar refractivity (Wildman–Crippen MR) is 44.4 cm³/mol. The van der Waals surface area contributed by atoms with Crippen LogP contribution in [-0.4, -0.2) is 11.8 Å². The second kappa shape index (κ2) is 2.32. The summed E-state index contributed by atoms with van der Waals surface area (Å²) in [4.78, 5) is 11.6. The maximum Gasteiger partial charge on any atom is 0.489 e. The van der Waals surface area contributed by atoms with Crippen molar-refractivity contribution in [1.29, 1.82) is 0 Å². The third kappa shape index (κ3) is 0.898. The van der Waals surface area contributed by atoms with E-state index in [1.54, 1.807) is 30.3 Å². The lowest BCUT2D eigenvalue weighted by Gasteiger charge is -2.53. The Morgan fingerprint density at radius 1 is 1.14 bits per heavy atom. The van der Waals surface area contributed by atoms with Gasteiger partial charge < -0.3 is 0 Å². The molecule has 3 aliphatic rings. The molecule has 1 aromatic carbocycles. The summed E-state index contributed by atoms with van der Waals surface area (Å²) in [5.41, 5.74) is 0.401.